The number of hydrogen-bond acceptors (Lipinski definition) is 1. The molecule has 1 aromatic carbocycles. The Morgan fingerprint density at radius 2 is 2.38 bits per heavy atom. The minimum absolute atomic E-state index is 0.369. The molecule has 0 N–H and O–H groups in total. The zero-order valence-electron chi connectivity index (χ0n) is 7.26. The van der Waals surface area contributed by atoms with Gasteiger partial charge in [-0.3, -0.25) is 0 Å². The van der Waals surface area contributed by atoms with E-state index in [1.165, 1.54) is 11.1 Å². The van der Waals surface area contributed by atoms with Gasteiger partial charge in [-0.05, 0) is 36.0 Å². The number of benzene rings is 1. The van der Waals surface area contributed by atoms with Crippen LogP contribution in [0.2, 0.25) is 5.02 Å². The first kappa shape index (κ1) is 8.59. The van der Waals surface area contributed by atoms with E-state index in [-0.39, 0.29) is 0 Å². The lowest BCUT2D eigenvalue weighted by atomic mass is 9.99. The average Bonchev–Trinajstić information content (AvgIpc) is 2.51. The van der Waals surface area contributed by atoms with Crippen LogP contribution in [0.25, 0.3) is 0 Å². The molecular formula is C11H10ClN. The fourth-order valence-electron chi connectivity index (χ4n) is 2.05. The van der Waals surface area contributed by atoms with E-state index in [0.717, 1.165) is 17.9 Å². The van der Waals surface area contributed by atoms with Crippen LogP contribution < -0.4 is 0 Å². The molecule has 0 fully saturated rings. The molecule has 0 saturated carbocycles. The van der Waals surface area contributed by atoms with Gasteiger partial charge >= 0.3 is 0 Å². The van der Waals surface area contributed by atoms with Crippen LogP contribution in [-0.4, -0.2) is 0 Å². The number of aryl methyl sites for hydroxylation is 1. The second-order valence-corrected chi connectivity index (χ2v) is 3.82. The highest BCUT2D eigenvalue weighted by molar-refractivity contribution is 6.31. The van der Waals surface area contributed by atoms with Gasteiger partial charge in [-0.2, -0.15) is 5.26 Å². The summed E-state index contributed by atoms with van der Waals surface area (Å²) in [6.07, 6.45) is 2.74. The Morgan fingerprint density at radius 1 is 1.54 bits per heavy atom. The summed E-state index contributed by atoms with van der Waals surface area (Å²) in [6.45, 7) is 0. The first-order chi connectivity index (χ1) is 6.33. The van der Waals surface area contributed by atoms with Crippen molar-refractivity contribution in [3.63, 3.8) is 0 Å². The van der Waals surface area contributed by atoms with Crippen LogP contribution in [0, 0.1) is 11.3 Å². The molecule has 0 heterocycles. The Labute approximate surface area is 82.9 Å². The topological polar surface area (TPSA) is 23.8 Å². The van der Waals surface area contributed by atoms with Crippen molar-refractivity contribution < 1.29 is 0 Å². The van der Waals surface area contributed by atoms with Gasteiger partial charge in [-0.1, -0.05) is 23.7 Å². The molecule has 1 atom stereocenters. The summed E-state index contributed by atoms with van der Waals surface area (Å²) in [4.78, 5) is 0. The van der Waals surface area contributed by atoms with Gasteiger partial charge in [-0.25, -0.2) is 0 Å². The second-order valence-electron chi connectivity index (χ2n) is 3.41. The maximum Gasteiger partial charge on any atom is 0.0628 e. The van der Waals surface area contributed by atoms with Crippen molar-refractivity contribution in [1.29, 1.82) is 5.26 Å². The number of nitriles is 1. The smallest absolute Gasteiger partial charge is 0.0628 e. The van der Waals surface area contributed by atoms with Gasteiger partial charge in [0.05, 0.1) is 6.07 Å². The van der Waals surface area contributed by atoms with Crippen LogP contribution in [0.1, 0.15) is 29.9 Å². The molecule has 2 rings (SSSR count). The summed E-state index contributed by atoms with van der Waals surface area (Å²) in [5.41, 5.74) is 2.54. The van der Waals surface area contributed by atoms with Crippen LogP contribution in [0.3, 0.4) is 0 Å². The molecular weight excluding hydrogens is 182 g/mol. The summed E-state index contributed by atoms with van der Waals surface area (Å²) < 4.78 is 0. The summed E-state index contributed by atoms with van der Waals surface area (Å²) in [5.74, 6) is 0.369. The summed E-state index contributed by atoms with van der Waals surface area (Å²) in [7, 11) is 0. The number of halogens is 1. The van der Waals surface area contributed by atoms with Crippen molar-refractivity contribution in [3.8, 4) is 6.07 Å². The van der Waals surface area contributed by atoms with Gasteiger partial charge in [-0.15, -0.1) is 0 Å². The van der Waals surface area contributed by atoms with E-state index < -0.39 is 0 Å². The van der Waals surface area contributed by atoms with E-state index in [1.807, 2.05) is 12.1 Å². The Morgan fingerprint density at radius 3 is 3.15 bits per heavy atom. The zero-order chi connectivity index (χ0) is 9.26. The minimum Gasteiger partial charge on any atom is -0.198 e. The predicted octanol–water partition coefficient (Wildman–Crippen LogP) is 3.28. The second kappa shape index (κ2) is 3.40. The molecule has 1 aliphatic carbocycles. The normalized spacial score (nSPS) is 19.5. The monoisotopic (exact) mass is 191 g/mol. The van der Waals surface area contributed by atoms with Gasteiger partial charge in [0, 0.05) is 11.4 Å². The zero-order valence-corrected chi connectivity index (χ0v) is 8.01. The first-order valence-corrected chi connectivity index (χ1v) is 4.85. The molecule has 0 aromatic heterocycles. The number of fused-ring (bicyclic) bond motifs is 1. The Balaban J connectivity index is 2.41. The van der Waals surface area contributed by atoms with E-state index in [9.17, 15) is 0 Å². The summed E-state index contributed by atoms with van der Waals surface area (Å²) >= 11 is 6.09. The lowest BCUT2D eigenvalue weighted by Gasteiger charge is -2.08. The lowest BCUT2D eigenvalue weighted by Crippen LogP contribution is -1.92. The largest absolute Gasteiger partial charge is 0.198 e. The Bertz CT molecular complexity index is 365. The highest BCUT2D eigenvalue weighted by atomic mass is 35.5. The fraction of sp³-hybridized carbons (Fsp3) is 0.364. The molecule has 0 aliphatic heterocycles. The number of hydrogen-bond donors (Lipinski definition) is 0. The van der Waals surface area contributed by atoms with Crippen molar-refractivity contribution in [3.05, 3.63) is 34.3 Å². The van der Waals surface area contributed by atoms with Crippen molar-refractivity contribution >= 4 is 11.6 Å². The lowest BCUT2D eigenvalue weighted by molar-refractivity contribution is 0.695. The van der Waals surface area contributed by atoms with E-state index >= 15 is 0 Å². The molecule has 2 heteroatoms. The summed E-state index contributed by atoms with van der Waals surface area (Å²) in [5, 5.41) is 9.48. The quantitative estimate of drug-likeness (QED) is 0.669. The summed E-state index contributed by atoms with van der Waals surface area (Å²) in [6, 6.07) is 8.22. The maximum absolute atomic E-state index is 8.65. The molecule has 13 heavy (non-hydrogen) atoms. The SMILES string of the molecule is N#CCC1CCc2cccc(Cl)c21. The van der Waals surface area contributed by atoms with E-state index in [4.69, 9.17) is 16.9 Å². The van der Waals surface area contributed by atoms with Gasteiger partial charge in [0.2, 0.25) is 0 Å². The molecule has 0 amide bonds. The van der Waals surface area contributed by atoms with Crippen molar-refractivity contribution in [2.24, 2.45) is 0 Å². The van der Waals surface area contributed by atoms with Crippen molar-refractivity contribution in [2.45, 2.75) is 25.2 Å². The molecule has 0 spiro atoms. The average molecular weight is 192 g/mol. The molecule has 0 bridgehead atoms. The third-order valence-corrected chi connectivity index (χ3v) is 2.98. The van der Waals surface area contributed by atoms with Crippen LogP contribution in [0.5, 0.6) is 0 Å². The molecule has 0 radical (unpaired) electrons. The van der Waals surface area contributed by atoms with E-state index in [2.05, 4.69) is 12.1 Å². The number of nitrogens with zero attached hydrogens (tertiary/aromatic N) is 1. The van der Waals surface area contributed by atoms with Crippen LogP contribution in [0.15, 0.2) is 18.2 Å². The van der Waals surface area contributed by atoms with Gasteiger partial charge in [0.15, 0.2) is 0 Å². The third kappa shape index (κ3) is 1.43. The van der Waals surface area contributed by atoms with Crippen LogP contribution in [-0.2, 0) is 6.42 Å². The molecule has 1 aliphatic rings. The van der Waals surface area contributed by atoms with Crippen LogP contribution >= 0.6 is 11.6 Å². The molecule has 66 valence electrons. The molecule has 1 aromatic rings. The van der Waals surface area contributed by atoms with Crippen molar-refractivity contribution in [2.75, 3.05) is 0 Å². The number of rotatable bonds is 1. The predicted molar refractivity (Wildman–Crippen MR) is 52.7 cm³/mol. The van der Waals surface area contributed by atoms with Gasteiger partial charge < -0.3 is 0 Å². The van der Waals surface area contributed by atoms with Crippen LogP contribution in [0.4, 0.5) is 0 Å². The van der Waals surface area contributed by atoms with E-state index in [0.29, 0.717) is 12.3 Å². The maximum atomic E-state index is 8.65. The fourth-order valence-corrected chi connectivity index (χ4v) is 2.39. The highest BCUT2D eigenvalue weighted by Gasteiger charge is 2.24. The van der Waals surface area contributed by atoms with Crippen molar-refractivity contribution in [1.82, 2.24) is 0 Å². The molecule has 0 saturated heterocycles. The third-order valence-electron chi connectivity index (χ3n) is 2.65. The first-order valence-electron chi connectivity index (χ1n) is 4.47. The standard InChI is InChI=1S/C11H10ClN/c12-10-3-1-2-8-4-5-9(6-7-13)11(8)10/h1-3,9H,4-6H2. The highest BCUT2D eigenvalue weighted by Crippen LogP contribution is 2.39. The minimum atomic E-state index is 0.369. The van der Waals surface area contributed by atoms with Gasteiger partial charge in [0.25, 0.3) is 0 Å². The van der Waals surface area contributed by atoms with E-state index in [1.54, 1.807) is 0 Å². The molecule has 1 unspecified atom stereocenters. The van der Waals surface area contributed by atoms with Gasteiger partial charge in [0.1, 0.15) is 0 Å². The Kier molecular flexibility index (Phi) is 2.24. The molecule has 1 nitrogen and oxygen atoms in total. The Hall–Kier alpha value is -1.00.